The Bertz CT molecular complexity index is 985. The number of piperazine rings is 1. The molecule has 0 aliphatic carbocycles. The van der Waals surface area contributed by atoms with Crippen molar-refractivity contribution >= 4 is 17.9 Å². The van der Waals surface area contributed by atoms with Gasteiger partial charge in [0.15, 0.2) is 0 Å². The lowest BCUT2D eigenvalue weighted by atomic mass is 10.1. The van der Waals surface area contributed by atoms with Crippen LogP contribution in [0.5, 0.6) is 11.5 Å². The number of carbonyl (C=O) groups excluding carboxylic acids is 2. The van der Waals surface area contributed by atoms with Gasteiger partial charge in [0.2, 0.25) is 5.91 Å². The Labute approximate surface area is 181 Å². The molecule has 1 saturated heterocycles. The number of rotatable bonds is 5. The lowest BCUT2D eigenvalue weighted by Gasteiger charge is -2.34. The van der Waals surface area contributed by atoms with Crippen LogP contribution in [0.1, 0.15) is 35.5 Å². The lowest BCUT2D eigenvalue weighted by molar-refractivity contribution is -0.127. The second kappa shape index (κ2) is 9.16. The van der Waals surface area contributed by atoms with Gasteiger partial charge >= 0.3 is 0 Å². The first-order valence-electron chi connectivity index (χ1n) is 10.5. The second-order valence-corrected chi connectivity index (χ2v) is 7.60. The maximum Gasteiger partial charge on any atom is 0.274 e. The van der Waals surface area contributed by atoms with E-state index < -0.39 is 0 Å². The summed E-state index contributed by atoms with van der Waals surface area (Å²) in [5.74, 6) is 1.34. The maximum absolute atomic E-state index is 12.7. The van der Waals surface area contributed by atoms with E-state index in [0.29, 0.717) is 38.5 Å². The number of carbonyl (C=O) groups is 2. The maximum atomic E-state index is 12.7. The fraction of sp³-hybridized carbons (Fsp3) is 0.391. The van der Waals surface area contributed by atoms with E-state index in [1.165, 1.54) is 18.6 Å². The minimum absolute atomic E-state index is 0.0937. The highest BCUT2D eigenvalue weighted by molar-refractivity contribution is 5.94. The predicted octanol–water partition coefficient (Wildman–Crippen LogP) is 2.20. The Kier molecular flexibility index (Phi) is 6.16. The number of nitrogens with zero attached hydrogens (tertiary/aromatic N) is 4. The smallest absolute Gasteiger partial charge is 0.274 e. The van der Waals surface area contributed by atoms with E-state index in [2.05, 4.69) is 9.97 Å². The average molecular weight is 422 g/mol. The first-order valence-corrected chi connectivity index (χ1v) is 10.5. The van der Waals surface area contributed by atoms with E-state index in [4.69, 9.17) is 9.47 Å². The van der Waals surface area contributed by atoms with Crippen LogP contribution in [0.25, 0.3) is 6.08 Å². The van der Waals surface area contributed by atoms with E-state index >= 15 is 0 Å². The molecule has 2 aliphatic rings. The lowest BCUT2D eigenvalue weighted by Crippen LogP contribution is -2.50. The number of fused-ring (bicyclic) bond motifs is 1. The molecule has 1 aromatic carbocycles. The molecule has 0 N–H and O–H groups in total. The summed E-state index contributed by atoms with van der Waals surface area (Å²) < 4.78 is 11.6. The highest BCUT2D eigenvalue weighted by Crippen LogP contribution is 2.35. The van der Waals surface area contributed by atoms with E-state index in [-0.39, 0.29) is 17.9 Å². The third-order valence-corrected chi connectivity index (χ3v) is 5.39. The van der Waals surface area contributed by atoms with Crippen molar-refractivity contribution in [1.82, 2.24) is 19.8 Å². The number of aromatic nitrogens is 2. The first-order chi connectivity index (χ1) is 15.0. The summed E-state index contributed by atoms with van der Waals surface area (Å²) in [6, 6.07) is 3.94. The van der Waals surface area contributed by atoms with E-state index in [0.717, 1.165) is 29.0 Å². The molecule has 2 aliphatic heterocycles. The molecular weight excluding hydrogens is 396 g/mol. The van der Waals surface area contributed by atoms with Gasteiger partial charge in [-0.1, -0.05) is 0 Å². The van der Waals surface area contributed by atoms with E-state index in [1.54, 1.807) is 22.0 Å². The molecule has 2 amide bonds. The predicted molar refractivity (Wildman–Crippen MR) is 115 cm³/mol. The van der Waals surface area contributed by atoms with E-state index in [1.807, 2.05) is 26.0 Å². The molecular formula is C23H26N4O4. The van der Waals surface area contributed by atoms with Crippen LogP contribution in [-0.2, 0) is 11.2 Å². The molecule has 0 radical (unpaired) electrons. The van der Waals surface area contributed by atoms with Crippen molar-refractivity contribution < 1.29 is 19.1 Å². The molecule has 8 nitrogen and oxygen atoms in total. The van der Waals surface area contributed by atoms with Crippen LogP contribution in [0, 0.1) is 0 Å². The van der Waals surface area contributed by atoms with Crippen molar-refractivity contribution in [1.29, 1.82) is 0 Å². The molecule has 162 valence electrons. The molecule has 1 aromatic heterocycles. The minimum Gasteiger partial charge on any atom is -0.493 e. The summed E-state index contributed by atoms with van der Waals surface area (Å²) in [6.45, 7) is 6.39. The summed E-state index contributed by atoms with van der Waals surface area (Å²) in [4.78, 5) is 36.6. The van der Waals surface area contributed by atoms with Gasteiger partial charge in [0.25, 0.3) is 5.91 Å². The number of hydrogen-bond donors (Lipinski definition) is 0. The number of benzene rings is 1. The van der Waals surface area contributed by atoms with E-state index in [9.17, 15) is 9.59 Å². The highest BCUT2D eigenvalue weighted by Gasteiger charge is 2.25. The average Bonchev–Trinajstić information content (AvgIpc) is 3.16. The highest BCUT2D eigenvalue weighted by atomic mass is 16.5. The summed E-state index contributed by atoms with van der Waals surface area (Å²) in [7, 11) is 0. The van der Waals surface area contributed by atoms with Crippen LogP contribution in [0.3, 0.4) is 0 Å². The molecule has 1 unspecified atom stereocenters. The fourth-order valence-corrected chi connectivity index (χ4v) is 3.83. The third kappa shape index (κ3) is 4.68. The van der Waals surface area contributed by atoms with Gasteiger partial charge in [0, 0.05) is 62.2 Å². The van der Waals surface area contributed by atoms with Crippen molar-refractivity contribution in [2.24, 2.45) is 0 Å². The van der Waals surface area contributed by atoms with Gasteiger partial charge in [0.05, 0.1) is 12.8 Å². The summed E-state index contributed by atoms with van der Waals surface area (Å²) in [6.07, 6.45) is 8.82. The Morgan fingerprint density at radius 1 is 1.19 bits per heavy atom. The van der Waals surface area contributed by atoms with Crippen molar-refractivity contribution in [3.05, 3.63) is 53.6 Å². The van der Waals surface area contributed by atoms with Gasteiger partial charge in [-0.15, -0.1) is 0 Å². The van der Waals surface area contributed by atoms with Crippen molar-refractivity contribution in [3.63, 3.8) is 0 Å². The van der Waals surface area contributed by atoms with Crippen LogP contribution in [0.2, 0.25) is 0 Å². The molecule has 31 heavy (non-hydrogen) atoms. The standard InChI is InChI=1S/C23H26N4O4/c1-3-30-20-14-18-12-16(2)31-21(18)13-17(20)4-5-22(28)26-8-10-27(11-9-26)23(29)19-15-24-6-7-25-19/h4-7,13-16H,3,8-12H2,1-2H3/b5-4+. The molecule has 2 aromatic rings. The van der Waals surface area contributed by atoms with Gasteiger partial charge in [-0.05, 0) is 32.1 Å². The Hall–Kier alpha value is -3.42. The van der Waals surface area contributed by atoms with Gasteiger partial charge < -0.3 is 19.3 Å². The van der Waals surface area contributed by atoms with Crippen LogP contribution in [0.4, 0.5) is 0 Å². The molecule has 0 saturated carbocycles. The van der Waals surface area contributed by atoms with Crippen molar-refractivity contribution in [2.45, 2.75) is 26.4 Å². The van der Waals surface area contributed by atoms with Gasteiger partial charge in [-0.3, -0.25) is 14.6 Å². The van der Waals surface area contributed by atoms with Crippen molar-refractivity contribution in [2.75, 3.05) is 32.8 Å². The summed E-state index contributed by atoms with van der Waals surface area (Å²) in [5.41, 5.74) is 2.27. The first kappa shape index (κ1) is 20.8. The molecule has 1 fully saturated rings. The Morgan fingerprint density at radius 2 is 1.97 bits per heavy atom. The summed E-state index contributed by atoms with van der Waals surface area (Å²) in [5, 5.41) is 0. The molecule has 8 heteroatoms. The normalized spacial score (nSPS) is 18.1. The van der Waals surface area contributed by atoms with Crippen LogP contribution < -0.4 is 9.47 Å². The zero-order valence-corrected chi connectivity index (χ0v) is 17.8. The number of amides is 2. The monoisotopic (exact) mass is 422 g/mol. The van der Waals surface area contributed by atoms with Crippen molar-refractivity contribution in [3.8, 4) is 11.5 Å². The van der Waals surface area contributed by atoms with Crippen LogP contribution in [0.15, 0.2) is 36.8 Å². The molecule has 4 rings (SSSR count). The molecule has 0 bridgehead atoms. The number of ether oxygens (including phenoxy) is 2. The third-order valence-electron chi connectivity index (χ3n) is 5.39. The van der Waals surface area contributed by atoms with Gasteiger partial charge in [0.1, 0.15) is 23.3 Å². The zero-order valence-electron chi connectivity index (χ0n) is 17.8. The molecule has 1 atom stereocenters. The number of hydrogen-bond acceptors (Lipinski definition) is 6. The summed E-state index contributed by atoms with van der Waals surface area (Å²) >= 11 is 0. The topological polar surface area (TPSA) is 84.9 Å². The quantitative estimate of drug-likeness (QED) is 0.687. The zero-order chi connectivity index (χ0) is 21.8. The Balaban J connectivity index is 1.39. The Morgan fingerprint density at radius 3 is 2.68 bits per heavy atom. The molecule has 0 spiro atoms. The minimum atomic E-state index is -0.163. The SMILES string of the molecule is CCOc1cc2c(cc1/C=C/C(=O)N1CCN(C(=O)c3cnccn3)CC1)OC(C)C2. The van der Waals surface area contributed by atoms with Gasteiger partial charge in [-0.25, -0.2) is 4.98 Å². The molecule has 3 heterocycles. The van der Waals surface area contributed by atoms with Crippen LogP contribution in [-0.4, -0.2) is 70.5 Å². The second-order valence-electron chi connectivity index (χ2n) is 7.60. The largest absolute Gasteiger partial charge is 0.493 e. The van der Waals surface area contributed by atoms with Gasteiger partial charge in [-0.2, -0.15) is 0 Å². The van der Waals surface area contributed by atoms with Crippen LogP contribution >= 0.6 is 0 Å². The fourth-order valence-electron chi connectivity index (χ4n) is 3.83.